The van der Waals surface area contributed by atoms with Crippen molar-refractivity contribution in [3.05, 3.63) is 35.4 Å². The van der Waals surface area contributed by atoms with Gasteiger partial charge in [0, 0.05) is 6.04 Å². The maximum Gasteiger partial charge on any atom is 0.230 e. The minimum absolute atomic E-state index is 0.119. The fourth-order valence-electron chi connectivity index (χ4n) is 1.67. The van der Waals surface area contributed by atoms with Crippen LogP contribution in [0.1, 0.15) is 18.1 Å². The van der Waals surface area contributed by atoms with Gasteiger partial charge in [0.05, 0.1) is 5.75 Å². The van der Waals surface area contributed by atoms with Crippen LogP contribution in [0, 0.1) is 6.92 Å². The van der Waals surface area contributed by atoms with Crippen LogP contribution in [0.15, 0.2) is 24.3 Å². The number of amides is 1. The van der Waals surface area contributed by atoms with Crippen molar-refractivity contribution < 1.29 is 4.79 Å². The number of aryl methyl sites for hydroxylation is 1. The van der Waals surface area contributed by atoms with Crippen molar-refractivity contribution in [2.24, 2.45) is 0 Å². The lowest BCUT2D eigenvalue weighted by molar-refractivity contribution is -0.119. The number of benzene rings is 1. The molecule has 2 nitrogen and oxygen atoms in total. The molecule has 0 spiro atoms. The summed E-state index contributed by atoms with van der Waals surface area (Å²) in [6, 6.07) is 8.49. The largest absolute Gasteiger partial charge is 0.353 e. The minimum atomic E-state index is 0.119. The summed E-state index contributed by atoms with van der Waals surface area (Å²) in [6.45, 7) is 4.15. The summed E-state index contributed by atoms with van der Waals surface area (Å²) in [5.74, 6) is 0.659. The molecule has 0 aromatic heterocycles. The molecule has 0 aliphatic heterocycles. The molecule has 1 aromatic rings. The lowest BCUT2D eigenvalue weighted by atomic mass is 10.0. The number of rotatable bonds is 5. The topological polar surface area (TPSA) is 29.1 Å². The summed E-state index contributed by atoms with van der Waals surface area (Å²) in [6.07, 6.45) is 2.83. The molecule has 1 aromatic carbocycles. The SMILES string of the molecule is CSCC(=O)NC(C)Cc1ccccc1C. The molecule has 1 unspecified atom stereocenters. The van der Waals surface area contributed by atoms with Crippen LogP contribution < -0.4 is 5.32 Å². The third kappa shape index (κ3) is 4.27. The van der Waals surface area contributed by atoms with Gasteiger partial charge in [-0.2, -0.15) is 11.8 Å². The first kappa shape index (κ1) is 13.1. The van der Waals surface area contributed by atoms with Gasteiger partial charge in [0.2, 0.25) is 5.91 Å². The number of carbonyl (C=O) groups is 1. The van der Waals surface area contributed by atoms with Crippen LogP contribution in [-0.2, 0) is 11.2 Å². The molecule has 16 heavy (non-hydrogen) atoms. The van der Waals surface area contributed by atoms with Gasteiger partial charge in [-0.15, -0.1) is 0 Å². The summed E-state index contributed by atoms with van der Waals surface area (Å²) >= 11 is 1.55. The Morgan fingerprint density at radius 3 is 2.75 bits per heavy atom. The summed E-state index contributed by atoms with van der Waals surface area (Å²) in [7, 11) is 0. The zero-order chi connectivity index (χ0) is 12.0. The van der Waals surface area contributed by atoms with Gasteiger partial charge in [-0.25, -0.2) is 0 Å². The quantitative estimate of drug-likeness (QED) is 0.852. The van der Waals surface area contributed by atoms with E-state index in [1.807, 2.05) is 25.3 Å². The van der Waals surface area contributed by atoms with E-state index in [1.54, 1.807) is 11.8 Å². The van der Waals surface area contributed by atoms with E-state index in [9.17, 15) is 4.79 Å². The highest BCUT2D eigenvalue weighted by Crippen LogP contribution is 2.09. The molecule has 0 bridgehead atoms. The summed E-state index contributed by atoms with van der Waals surface area (Å²) in [5.41, 5.74) is 2.59. The third-order valence-corrected chi connectivity index (χ3v) is 3.02. The molecule has 0 saturated heterocycles. The molecule has 1 amide bonds. The van der Waals surface area contributed by atoms with Crippen molar-refractivity contribution in [3.8, 4) is 0 Å². The Labute approximate surface area is 102 Å². The summed E-state index contributed by atoms with van der Waals surface area (Å²) in [4.78, 5) is 11.4. The molecule has 0 aliphatic rings. The molecular formula is C13H19NOS. The second-order valence-electron chi connectivity index (χ2n) is 4.03. The Bertz CT molecular complexity index is 352. The maximum atomic E-state index is 11.4. The highest BCUT2D eigenvalue weighted by atomic mass is 32.2. The smallest absolute Gasteiger partial charge is 0.230 e. The molecule has 1 rings (SSSR count). The van der Waals surface area contributed by atoms with Crippen molar-refractivity contribution in [2.75, 3.05) is 12.0 Å². The monoisotopic (exact) mass is 237 g/mol. The Morgan fingerprint density at radius 2 is 2.12 bits per heavy atom. The van der Waals surface area contributed by atoms with Crippen molar-refractivity contribution >= 4 is 17.7 Å². The van der Waals surface area contributed by atoms with E-state index < -0.39 is 0 Å². The predicted octanol–water partition coefficient (Wildman–Crippen LogP) is 2.41. The van der Waals surface area contributed by atoms with Crippen molar-refractivity contribution in [1.29, 1.82) is 0 Å². The molecule has 1 atom stereocenters. The van der Waals surface area contributed by atoms with Gasteiger partial charge in [0.1, 0.15) is 0 Å². The first-order valence-corrected chi connectivity index (χ1v) is 6.85. The van der Waals surface area contributed by atoms with E-state index in [1.165, 1.54) is 11.1 Å². The standard InChI is InChI=1S/C13H19NOS/c1-10-6-4-5-7-12(10)8-11(2)14-13(15)9-16-3/h4-7,11H,8-9H2,1-3H3,(H,14,15). The van der Waals surface area contributed by atoms with Gasteiger partial charge < -0.3 is 5.32 Å². The lowest BCUT2D eigenvalue weighted by Crippen LogP contribution is -2.35. The van der Waals surface area contributed by atoms with Gasteiger partial charge in [-0.3, -0.25) is 4.79 Å². The van der Waals surface area contributed by atoms with Gasteiger partial charge in [-0.05, 0) is 37.7 Å². The van der Waals surface area contributed by atoms with Crippen molar-refractivity contribution in [1.82, 2.24) is 5.32 Å². The molecule has 0 aliphatic carbocycles. The van der Waals surface area contributed by atoms with Crippen LogP contribution in [0.2, 0.25) is 0 Å². The van der Waals surface area contributed by atoms with Crippen LogP contribution in [0.25, 0.3) is 0 Å². The number of hydrogen-bond donors (Lipinski definition) is 1. The third-order valence-electron chi connectivity index (χ3n) is 2.47. The lowest BCUT2D eigenvalue weighted by Gasteiger charge is -2.14. The molecule has 88 valence electrons. The van der Waals surface area contributed by atoms with Crippen molar-refractivity contribution in [3.63, 3.8) is 0 Å². The first-order valence-electron chi connectivity index (χ1n) is 5.46. The van der Waals surface area contributed by atoms with E-state index >= 15 is 0 Å². The zero-order valence-corrected chi connectivity index (χ0v) is 10.9. The number of nitrogens with one attached hydrogen (secondary N) is 1. The fourth-order valence-corrected chi connectivity index (χ4v) is 2.01. The molecule has 3 heteroatoms. The first-order chi connectivity index (χ1) is 7.63. The molecule has 0 radical (unpaired) electrons. The fraction of sp³-hybridized carbons (Fsp3) is 0.462. The Hall–Kier alpha value is -0.960. The van der Waals surface area contributed by atoms with Gasteiger partial charge >= 0.3 is 0 Å². The average Bonchev–Trinajstić information content (AvgIpc) is 2.21. The van der Waals surface area contributed by atoms with Crippen LogP contribution in [0.3, 0.4) is 0 Å². The van der Waals surface area contributed by atoms with Crippen LogP contribution in [0.4, 0.5) is 0 Å². The summed E-state index contributed by atoms with van der Waals surface area (Å²) < 4.78 is 0. The Morgan fingerprint density at radius 1 is 1.44 bits per heavy atom. The van der Waals surface area contributed by atoms with Crippen LogP contribution >= 0.6 is 11.8 Å². The van der Waals surface area contributed by atoms with E-state index in [-0.39, 0.29) is 11.9 Å². The Balaban J connectivity index is 2.48. The number of thioether (sulfide) groups is 1. The van der Waals surface area contributed by atoms with Crippen molar-refractivity contribution in [2.45, 2.75) is 26.3 Å². The molecular weight excluding hydrogens is 218 g/mol. The van der Waals surface area contributed by atoms with Crippen LogP contribution in [-0.4, -0.2) is 24.0 Å². The minimum Gasteiger partial charge on any atom is -0.353 e. The number of hydrogen-bond acceptors (Lipinski definition) is 2. The second kappa shape index (κ2) is 6.59. The molecule has 1 N–H and O–H groups in total. The van der Waals surface area contributed by atoms with Gasteiger partial charge in [0.25, 0.3) is 0 Å². The second-order valence-corrected chi connectivity index (χ2v) is 4.90. The maximum absolute atomic E-state index is 11.4. The highest BCUT2D eigenvalue weighted by molar-refractivity contribution is 7.99. The van der Waals surface area contributed by atoms with E-state index in [2.05, 4.69) is 24.4 Å². The molecule has 0 heterocycles. The van der Waals surface area contributed by atoms with Crippen LogP contribution in [0.5, 0.6) is 0 Å². The van der Waals surface area contributed by atoms with E-state index in [0.29, 0.717) is 5.75 Å². The average molecular weight is 237 g/mol. The predicted molar refractivity (Wildman–Crippen MR) is 70.9 cm³/mol. The zero-order valence-electron chi connectivity index (χ0n) is 10.1. The number of carbonyl (C=O) groups excluding carboxylic acids is 1. The molecule has 0 fully saturated rings. The van der Waals surface area contributed by atoms with Gasteiger partial charge in [-0.1, -0.05) is 24.3 Å². The normalized spacial score (nSPS) is 12.2. The van der Waals surface area contributed by atoms with E-state index in [0.717, 1.165) is 6.42 Å². The Kier molecular flexibility index (Phi) is 5.39. The molecule has 0 saturated carbocycles. The summed E-state index contributed by atoms with van der Waals surface area (Å²) in [5, 5.41) is 3.00. The highest BCUT2D eigenvalue weighted by Gasteiger charge is 2.08. The van der Waals surface area contributed by atoms with Gasteiger partial charge in [0.15, 0.2) is 0 Å². The van der Waals surface area contributed by atoms with E-state index in [4.69, 9.17) is 0 Å².